The lowest BCUT2D eigenvalue weighted by Crippen LogP contribution is -2.51. The van der Waals surface area contributed by atoms with Crippen LogP contribution in [0.5, 0.6) is 0 Å². The van der Waals surface area contributed by atoms with Crippen LogP contribution in [-0.2, 0) is 4.79 Å². The van der Waals surface area contributed by atoms with Crippen molar-refractivity contribution in [3.63, 3.8) is 0 Å². The molecule has 4 aliphatic rings. The van der Waals surface area contributed by atoms with E-state index in [2.05, 4.69) is 20.8 Å². The summed E-state index contributed by atoms with van der Waals surface area (Å²) in [5.74, 6) is 3.26. The molecule has 0 heterocycles. The zero-order chi connectivity index (χ0) is 15.7. The Labute approximate surface area is 134 Å². The van der Waals surface area contributed by atoms with Crippen molar-refractivity contribution in [1.29, 1.82) is 0 Å². The highest BCUT2D eigenvalue weighted by molar-refractivity contribution is 6.01. The van der Waals surface area contributed by atoms with Crippen LogP contribution in [0.4, 0.5) is 0 Å². The molecule has 2 N–H and O–H groups in total. The standard InChI is InChI=1S/C20H29NO/c1-12-4-7-16-15-6-5-13-10-14(22)11-18(21)20(13,3)17(15)8-9-19(12,16)2/h10-12,15-17H,4-9,21H2,1-3H3/t12?,15?,16?,17?,19?,20-/m0/s1. The van der Waals surface area contributed by atoms with Crippen LogP contribution in [0.3, 0.4) is 0 Å². The molecular weight excluding hydrogens is 270 g/mol. The van der Waals surface area contributed by atoms with Crippen LogP contribution in [0.15, 0.2) is 23.4 Å². The van der Waals surface area contributed by atoms with Gasteiger partial charge < -0.3 is 5.73 Å². The van der Waals surface area contributed by atoms with Crippen molar-refractivity contribution < 1.29 is 4.79 Å². The van der Waals surface area contributed by atoms with Crippen molar-refractivity contribution in [1.82, 2.24) is 0 Å². The highest BCUT2D eigenvalue weighted by Gasteiger charge is 2.58. The maximum atomic E-state index is 11.9. The van der Waals surface area contributed by atoms with E-state index >= 15 is 0 Å². The molecule has 22 heavy (non-hydrogen) atoms. The molecule has 2 nitrogen and oxygen atoms in total. The Morgan fingerprint density at radius 1 is 1.09 bits per heavy atom. The number of rotatable bonds is 0. The topological polar surface area (TPSA) is 43.1 Å². The minimum atomic E-state index is -0.0516. The van der Waals surface area contributed by atoms with Gasteiger partial charge in [-0.2, -0.15) is 0 Å². The Morgan fingerprint density at radius 2 is 1.86 bits per heavy atom. The van der Waals surface area contributed by atoms with Gasteiger partial charge in [-0.15, -0.1) is 0 Å². The predicted molar refractivity (Wildman–Crippen MR) is 88.9 cm³/mol. The van der Waals surface area contributed by atoms with Gasteiger partial charge in [-0.1, -0.05) is 26.3 Å². The molecule has 0 saturated heterocycles. The van der Waals surface area contributed by atoms with Crippen molar-refractivity contribution in [2.75, 3.05) is 0 Å². The summed E-state index contributed by atoms with van der Waals surface area (Å²) in [6.45, 7) is 7.32. The molecule has 0 spiro atoms. The predicted octanol–water partition coefficient (Wildman–Crippen LogP) is 4.22. The Bertz CT molecular complexity index is 589. The molecule has 2 heteroatoms. The number of hydrogen-bond acceptors (Lipinski definition) is 2. The minimum absolute atomic E-state index is 0.0516. The summed E-state index contributed by atoms with van der Waals surface area (Å²) in [4.78, 5) is 11.9. The van der Waals surface area contributed by atoms with Crippen molar-refractivity contribution >= 4 is 5.78 Å². The summed E-state index contributed by atoms with van der Waals surface area (Å²) in [5, 5.41) is 0. The average molecular weight is 299 g/mol. The second-order valence-electron chi connectivity index (χ2n) is 8.81. The fourth-order valence-corrected chi connectivity index (χ4v) is 6.63. The van der Waals surface area contributed by atoms with E-state index in [-0.39, 0.29) is 11.2 Å². The summed E-state index contributed by atoms with van der Waals surface area (Å²) >= 11 is 0. The molecule has 5 unspecified atom stereocenters. The van der Waals surface area contributed by atoms with Gasteiger partial charge >= 0.3 is 0 Å². The number of hydrogen-bond donors (Lipinski definition) is 1. The molecule has 3 saturated carbocycles. The molecule has 3 fully saturated rings. The molecule has 0 aliphatic heterocycles. The van der Waals surface area contributed by atoms with Gasteiger partial charge in [-0.25, -0.2) is 0 Å². The van der Waals surface area contributed by atoms with Gasteiger partial charge in [0, 0.05) is 17.2 Å². The maximum absolute atomic E-state index is 11.9. The molecule has 0 radical (unpaired) electrons. The first-order valence-corrected chi connectivity index (χ1v) is 9.10. The first kappa shape index (κ1) is 14.5. The van der Waals surface area contributed by atoms with Gasteiger partial charge in [0.25, 0.3) is 0 Å². The van der Waals surface area contributed by atoms with Crippen molar-refractivity contribution in [3.8, 4) is 0 Å². The Hall–Kier alpha value is -1.05. The molecule has 6 atom stereocenters. The minimum Gasteiger partial charge on any atom is -0.401 e. The van der Waals surface area contributed by atoms with E-state index in [0.29, 0.717) is 11.3 Å². The average Bonchev–Trinajstić information content (AvgIpc) is 2.77. The molecule has 0 amide bonds. The van der Waals surface area contributed by atoms with Gasteiger partial charge in [0.05, 0.1) is 0 Å². The summed E-state index contributed by atoms with van der Waals surface area (Å²) in [7, 11) is 0. The summed E-state index contributed by atoms with van der Waals surface area (Å²) in [5.41, 5.74) is 9.06. The van der Waals surface area contributed by atoms with E-state index in [1.807, 2.05) is 6.08 Å². The third-order valence-electron chi connectivity index (χ3n) is 8.28. The molecule has 0 aromatic rings. The van der Waals surface area contributed by atoms with Crippen molar-refractivity contribution in [3.05, 3.63) is 23.4 Å². The van der Waals surface area contributed by atoms with E-state index in [1.165, 1.54) is 37.7 Å². The van der Waals surface area contributed by atoms with Crippen LogP contribution >= 0.6 is 0 Å². The van der Waals surface area contributed by atoms with Crippen LogP contribution in [0.25, 0.3) is 0 Å². The van der Waals surface area contributed by atoms with Gasteiger partial charge in [0.1, 0.15) is 0 Å². The molecule has 4 rings (SSSR count). The Kier molecular flexibility index (Phi) is 2.97. The number of ketones is 1. The zero-order valence-corrected chi connectivity index (χ0v) is 14.2. The normalized spacial score (nSPS) is 50.6. The Balaban J connectivity index is 1.74. The molecule has 4 aliphatic carbocycles. The monoisotopic (exact) mass is 299 g/mol. The Morgan fingerprint density at radius 3 is 2.64 bits per heavy atom. The van der Waals surface area contributed by atoms with Crippen LogP contribution in [0, 0.1) is 34.5 Å². The number of fused-ring (bicyclic) bond motifs is 5. The number of nitrogens with two attached hydrogens (primary N) is 1. The van der Waals surface area contributed by atoms with Gasteiger partial charge in [0.2, 0.25) is 0 Å². The maximum Gasteiger partial charge on any atom is 0.180 e. The number of carbonyl (C=O) groups is 1. The first-order valence-electron chi connectivity index (χ1n) is 9.10. The third kappa shape index (κ3) is 1.64. The zero-order valence-electron chi connectivity index (χ0n) is 14.2. The smallest absolute Gasteiger partial charge is 0.180 e. The quantitative estimate of drug-likeness (QED) is 0.728. The lowest BCUT2D eigenvalue weighted by molar-refractivity contribution is -0.111. The van der Waals surface area contributed by atoms with Gasteiger partial charge in [0.15, 0.2) is 5.78 Å². The van der Waals surface area contributed by atoms with Crippen molar-refractivity contribution in [2.45, 2.75) is 59.3 Å². The summed E-state index contributed by atoms with van der Waals surface area (Å²) in [6.07, 6.45) is 11.3. The molecule has 0 bridgehead atoms. The second-order valence-corrected chi connectivity index (χ2v) is 8.81. The molecule has 0 aromatic carbocycles. The van der Waals surface area contributed by atoms with Crippen LogP contribution in [-0.4, -0.2) is 5.78 Å². The molecule has 0 aromatic heterocycles. The van der Waals surface area contributed by atoms with E-state index in [4.69, 9.17) is 5.73 Å². The van der Waals surface area contributed by atoms with Crippen LogP contribution in [0.2, 0.25) is 0 Å². The third-order valence-corrected chi connectivity index (χ3v) is 8.28. The van der Waals surface area contributed by atoms with Crippen LogP contribution in [0.1, 0.15) is 59.3 Å². The fourth-order valence-electron chi connectivity index (χ4n) is 6.63. The number of allylic oxidation sites excluding steroid dienone is 3. The van der Waals surface area contributed by atoms with E-state index in [9.17, 15) is 4.79 Å². The van der Waals surface area contributed by atoms with Gasteiger partial charge in [-0.05, 0) is 73.7 Å². The molecular formula is C20H29NO. The van der Waals surface area contributed by atoms with E-state index in [0.717, 1.165) is 29.9 Å². The summed E-state index contributed by atoms with van der Waals surface area (Å²) in [6, 6.07) is 0. The highest BCUT2D eigenvalue weighted by atomic mass is 16.1. The van der Waals surface area contributed by atoms with Crippen LogP contribution < -0.4 is 5.73 Å². The lowest BCUT2D eigenvalue weighted by atomic mass is 9.47. The fraction of sp³-hybridized carbons (Fsp3) is 0.750. The van der Waals surface area contributed by atoms with Gasteiger partial charge in [-0.3, -0.25) is 4.79 Å². The highest BCUT2D eigenvalue weighted by Crippen LogP contribution is 2.66. The first-order chi connectivity index (χ1) is 10.4. The number of carbonyl (C=O) groups excluding carboxylic acids is 1. The van der Waals surface area contributed by atoms with E-state index < -0.39 is 0 Å². The van der Waals surface area contributed by atoms with E-state index in [1.54, 1.807) is 6.08 Å². The molecule has 120 valence electrons. The summed E-state index contributed by atoms with van der Waals surface area (Å²) < 4.78 is 0. The largest absolute Gasteiger partial charge is 0.401 e. The second kappa shape index (κ2) is 4.49. The lowest BCUT2D eigenvalue weighted by Gasteiger charge is -2.57. The van der Waals surface area contributed by atoms with Crippen molar-refractivity contribution in [2.24, 2.45) is 40.2 Å². The SMILES string of the molecule is CC1CCC2C3CCC4=CC(=O)C=C(N)[C@]4(C)C3CCC12C.